The van der Waals surface area contributed by atoms with Gasteiger partial charge in [-0.05, 0) is 48.4 Å². The summed E-state index contributed by atoms with van der Waals surface area (Å²) in [5, 5.41) is 27.7. The number of aryl methyl sites for hydroxylation is 1. The van der Waals surface area contributed by atoms with Gasteiger partial charge in [0.25, 0.3) is 0 Å². The highest BCUT2D eigenvalue weighted by Gasteiger charge is 2.16. The number of carboxylic acid groups (broad SMARTS) is 2. The lowest BCUT2D eigenvalue weighted by Gasteiger charge is -2.16. The number of carboxylic acids is 2. The molecule has 3 N–H and O–H groups in total. The molecule has 5 nitrogen and oxygen atoms in total. The van der Waals surface area contributed by atoms with Crippen molar-refractivity contribution in [2.45, 2.75) is 52.4 Å². The number of carbonyl (C=O) groups is 2. The fourth-order valence-electron chi connectivity index (χ4n) is 2.67. The van der Waals surface area contributed by atoms with Crippen LogP contribution in [-0.2, 0) is 17.6 Å². The van der Waals surface area contributed by atoms with E-state index in [1.807, 2.05) is 0 Å². The molecule has 0 spiro atoms. The van der Waals surface area contributed by atoms with Crippen molar-refractivity contribution in [3.8, 4) is 5.75 Å². The lowest BCUT2D eigenvalue weighted by molar-refractivity contribution is -0.137. The Hall–Kier alpha value is -2.04. The van der Waals surface area contributed by atoms with E-state index in [0.717, 1.165) is 30.4 Å². The molecule has 0 amide bonds. The van der Waals surface area contributed by atoms with Gasteiger partial charge in [0.2, 0.25) is 0 Å². The molecule has 0 heterocycles. The molecule has 0 saturated carbocycles. The van der Waals surface area contributed by atoms with Gasteiger partial charge in [0.1, 0.15) is 11.3 Å². The number of benzene rings is 1. The molecule has 1 unspecified atom stereocenters. The molecule has 1 aromatic rings. The van der Waals surface area contributed by atoms with Crippen molar-refractivity contribution in [3.05, 3.63) is 28.8 Å². The van der Waals surface area contributed by atoms with E-state index in [0.29, 0.717) is 18.8 Å². The average molecular weight is 308 g/mol. The normalized spacial score (nSPS) is 12.1. The maximum absolute atomic E-state index is 11.1. The molecule has 22 heavy (non-hydrogen) atoms. The predicted octanol–water partition coefficient (Wildman–Crippen LogP) is 3.48. The van der Waals surface area contributed by atoms with E-state index in [2.05, 4.69) is 13.8 Å². The molecule has 0 fully saturated rings. The summed E-state index contributed by atoms with van der Waals surface area (Å²) in [5.74, 6) is -1.84. The van der Waals surface area contributed by atoms with Crippen LogP contribution >= 0.6 is 0 Å². The van der Waals surface area contributed by atoms with Gasteiger partial charge in [-0.15, -0.1) is 0 Å². The third kappa shape index (κ3) is 5.39. The lowest BCUT2D eigenvalue weighted by atomic mass is 9.90. The second kappa shape index (κ2) is 8.41. The molecule has 0 saturated heterocycles. The number of aromatic carboxylic acids is 1. The monoisotopic (exact) mass is 308 g/mol. The molecule has 0 bridgehead atoms. The molecule has 1 atom stereocenters. The number of phenols is 1. The minimum atomic E-state index is -1.18. The minimum Gasteiger partial charge on any atom is -0.507 e. The molecule has 0 aromatic heterocycles. The van der Waals surface area contributed by atoms with Crippen molar-refractivity contribution >= 4 is 11.9 Å². The van der Waals surface area contributed by atoms with Gasteiger partial charge in [0.15, 0.2) is 0 Å². The number of hydrogen-bond donors (Lipinski definition) is 3. The van der Waals surface area contributed by atoms with Gasteiger partial charge in [-0.1, -0.05) is 26.7 Å². The molecule has 5 heteroatoms. The van der Waals surface area contributed by atoms with E-state index in [4.69, 9.17) is 10.2 Å². The molecular weight excluding hydrogens is 284 g/mol. The summed E-state index contributed by atoms with van der Waals surface area (Å²) in [6.07, 6.45) is 3.87. The Labute approximate surface area is 130 Å². The standard InChI is InChI=1S/C17H24O5/c1-3-5-11(2)8-13-10-15(18)14(17(21)22)9-12(13)6-4-7-16(19)20/h9-11,18H,3-8H2,1-2H3,(H,19,20)(H,21,22). The summed E-state index contributed by atoms with van der Waals surface area (Å²) < 4.78 is 0. The molecule has 0 aliphatic heterocycles. The highest BCUT2D eigenvalue weighted by Crippen LogP contribution is 2.27. The quantitative estimate of drug-likeness (QED) is 0.649. The Morgan fingerprint density at radius 3 is 2.41 bits per heavy atom. The summed E-state index contributed by atoms with van der Waals surface area (Å²) in [6.45, 7) is 4.22. The zero-order chi connectivity index (χ0) is 16.7. The van der Waals surface area contributed by atoms with Crippen LogP contribution in [-0.4, -0.2) is 27.3 Å². The van der Waals surface area contributed by atoms with Crippen LogP contribution in [0, 0.1) is 5.92 Å². The van der Waals surface area contributed by atoms with E-state index in [-0.39, 0.29) is 17.7 Å². The van der Waals surface area contributed by atoms with Crippen LogP contribution in [0.5, 0.6) is 5.75 Å². The molecule has 0 radical (unpaired) electrons. The van der Waals surface area contributed by atoms with Crippen molar-refractivity contribution in [1.82, 2.24) is 0 Å². The van der Waals surface area contributed by atoms with Crippen LogP contribution in [0.4, 0.5) is 0 Å². The smallest absolute Gasteiger partial charge is 0.339 e. The Bertz CT molecular complexity index is 536. The SMILES string of the molecule is CCCC(C)Cc1cc(O)c(C(=O)O)cc1CCCC(=O)O. The zero-order valence-corrected chi connectivity index (χ0v) is 13.1. The van der Waals surface area contributed by atoms with Crippen molar-refractivity contribution in [3.63, 3.8) is 0 Å². The summed E-state index contributed by atoms with van der Waals surface area (Å²) in [6, 6.07) is 3.00. The predicted molar refractivity (Wildman–Crippen MR) is 83.4 cm³/mol. The molecule has 1 aromatic carbocycles. The highest BCUT2D eigenvalue weighted by molar-refractivity contribution is 5.91. The first kappa shape index (κ1) is 18.0. The number of hydrogen-bond acceptors (Lipinski definition) is 3. The maximum Gasteiger partial charge on any atom is 0.339 e. The zero-order valence-electron chi connectivity index (χ0n) is 13.1. The summed E-state index contributed by atoms with van der Waals surface area (Å²) in [7, 11) is 0. The van der Waals surface area contributed by atoms with E-state index in [9.17, 15) is 14.7 Å². The number of aliphatic carboxylic acids is 1. The van der Waals surface area contributed by atoms with Gasteiger partial charge in [-0.25, -0.2) is 4.79 Å². The lowest BCUT2D eigenvalue weighted by Crippen LogP contribution is -2.07. The molecule has 122 valence electrons. The first-order valence-corrected chi connectivity index (χ1v) is 7.65. The van der Waals surface area contributed by atoms with Crippen LogP contribution in [0.1, 0.15) is 61.0 Å². The van der Waals surface area contributed by atoms with Gasteiger partial charge in [-0.2, -0.15) is 0 Å². The number of rotatable bonds is 9. The van der Waals surface area contributed by atoms with Crippen molar-refractivity contribution in [2.75, 3.05) is 0 Å². The molecular formula is C17H24O5. The van der Waals surface area contributed by atoms with Crippen molar-refractivity contribution in [1.29, 1.82) is 0 Å². The largest absolute Gasteiger partial charge is 0.507 e. The second-order valence-electron chi connectivity index (χ2n) is 5.79. The Kier molecular flexibility index (Phi) is 6.89. The fraction of sp³-hybridized carbons (Fsp3) is 0.529. The van der Waals surface area contributed by atoms with Crippen molar-refractivity contribution in [2.24, 2.45) is 5.92 Å². The molecule has 0 aliphatic rings. The molecule has 0 aliphatic carbocycles. The maximum atomic E-state index is 11.1. The van der Waals surface area contributed by atoms with Crippen LogP contribution in [0.2, 0.25) is 0 Å². The van der Waals surface area contributed by atoms with Crippen LogP contribution in [0.15, 0.2) is 12.1 Å². The third-order valence-electron chi connectivity index (χ3n) is 3.73. The van der Waals surface area contributed by atoms with Crippen molar-refractivity contribution < 1.29 is 24.9 Å². The van der Waals surface area contributed by atoms with Crippen LogP contribution in [0.3, 0.4) is 0 Å². The topological polar surface area (TPSA) is 94.8 Å². The van der Waals surface area contributed by atoms with E-state index in [1.165, 1.54) is 12.1 Å². The van der Waals surface area contributed by atoms with Crippen LogP contribution in [0.25, 0.3) is 0 Å². The van der Waals surface area contributed by atoms with Crippen LogP contribution < -0.4 is 0 Å². The molecule has 1 rings (SSSR count). The first-order chi connectivity index (χ1) is 10.3. The van der Waals surface area contributed by atoms with Gasteiger partial charge >= 0.3 is 11.9 Å². The van der Waals surface area contributed by atoms with Gasteiger partial charge in [0, 0.05) is 6.42 Å². The summed E-state index contributed by atoms with van der Waals surface area (Å²) in [4.78, 5) is 21.8. The highest BCUT2D eigenvalue weighted by atomic mass is 16.4. The second-order valence-corrected chi connectivity index (χ2v) is 5.79. The Balaban J connectivity index is 3.02. The third-order valence-corrected chi connectivity index (χ3v) is 3.73. The number of aromatic hydroxyl groups is 1. The van der Waals surface area contributed by atoms with E-state index < -0.39 is 11.9 Å². The van der Waals surface area contributed by atoms with Gasteiger partial charge in [-0.3, -0.25) is 4.79 Å². The fourth-order valence-corrected chi connectivity index (χ4v) is 2.67. The average Bonchev–Trinajstić information content (AvgIpc) is 2.40. The van der Waals surface area contributed by atoms with E-state index in [1.54, 1.807) is 0 Å². The van der Waals surface area contributed by atoms with Gasteiger partial charge < -0.3 is 15.3 Å². The summed E-state index contributed by atoms with van der Waals surface area (Å²) >= 11 is 0. The minimum absolute atomic E-state index is 0.0488. The Morgan fingerprint density at radius 1 is 1.18 bits per heavy atom. The van der Waals surface area contributed by atoms with Gasteiger partial charge in [0.05, 0.1) is 0 Å². The van der Waals surface area contributed by atoms with E-state index >= 15 is 0 Å². The first-order valence-electron chi connectivity index (χ1n) is 7.65. The Morgan fingerprint density at radius 2 is 1.86 bits per heavy atom. The summed E-state index contributed by atoms with van der Waals surface area (Å²) in [5.41, 5.74) is 1.60.